The van der Waals surface area contributed by atoms with Crippen LogP contribution in [0.2, 0.25) is 0 Å². The fourth-order valence-corrected chi connectivity index (χ4v) is 6.22. The van der Waals surface area contributed by atoms with Crippen molar-refractivity contribution in [2.24, 2.45) is 0 Å². The highest BCUT2D eigenvalue weighted by molar-refractivity contribution is 8.00. The molecule has 0 radical (unpaired) electrons. The molecule has 1 N–H and O–H groups in total. The van der Waals surface area contributed by atoms with Gasteiger partial charge in [0.05, 0.1) is 5.75 Å². The first-order chi connectivity index (χ1) is 16.7. The van der Waals surface area contributed by atoms with E-state index in [1.807, 2.05) is 65.6 Å². The summed E-state index contributed by atoms with van der Waals surface area (Å²) in [5, 5.41) is 5.47. The molecular weight excluding hydrogens is 440 g/mol. The third-order valence-corrected chi connectivity index (χ3v) is 8.00. The molecule has 2 aliphatic rings. The Balaban J connectivity index is 1.21. The molecule has 1 aliphatic heterocycles. The Morgan fingerprint density at radius 3 is 2.44 bits per heavy atom. The fraction of sp³-hybridized carbons (Fsp3) is 0.172. The number of rotatable bonds is 5. The van der Waals surface area contributed by atoms with Gasteiger partial charge in [-0.05, 0) is 58.7 Å². The van der Waals surface area contributed by atoms with Crippen LogP contribution in [0.3, 0.4) is 0 Å². The maximum Gasteiger partial charge on any atom is 0.255 e. The maximum absolute atomic E-state index is 13.1. The highest BCUT2D eigenvalue weighted by Gasteiger charge is 2.32. The Kier molecular flexibility index (Phi) is 5.34. The first-order valence-electron chi connectivity index (χ1n) is 11.6. The number of carbonyl (C=O) groups is 2. The lowest BCUT2D eigenvalue weighted by atomic mass is 10.0. The van der Waals surface area contributed by atoms with Crippen molar-refractivity contribution in [3.05, 3.63) is 113 Å². The van der Waals surface area contributed by atoms with Crippen molar-refractivity contribution in [1.29, 1.82) is 0 Å². The molecule has 0 unspecified atom stereocenters. The zero-order chi connectivity index (χ0) is 23.1. The molecule has 0 spiro atoms. The predicted octanol–water partition coefficient (Wildman–Crippen LogP) is 5.96. The van der Waals surface area contributed by atoms with E-state index in [-0.39, 0.29) is 17.2 Å². The maximum atomic E-state index is 13.1. The molecule has 2 amide bonds. The molecule has 1 atom stereocenters. The van der Waals surface area contributed by atoms with Gasteiger partial charge in [0.25, 0.3) is 5.91 Å². The van der Waals surface area contributed by atoms with Crippen molar-refractivity contribution in [3.8, 4) is 0 Å². The van der Waals surface area contributed by atoms with E-state index in [2.05, 4.69) is 29.6 Å². The van der Waals surface area contributed by atoms with Gasteiger partial charge in [-0.15, -0.1) is 11.8 Å². The summed E-state index contributed by atoms with van der Waals surface area (Å²) in [5.74, 6) is 0.499. The number of hydrogen-bond donors (Lipinski definition) is 1. The van der Waals surface area contributed by atoms with Gasteiger partial charge >= 0.3 is 0 Å². The van der Waals surface area contributed by atoms with Gasteiger partial charge in [0.2, 0.25) is 5.91 Å². The quantitative estimate of drug-likeness (QED) is 0.396. The van der Waals surface area contributed by atoms with E-state index in [4.69, 9.17) is 0 Å². The first kappa shape index (κ1) is 21.0. The minimum atomic E-state index is -0.124. The van der Waals surface area contributed by atoms with Crippen LogP contribution in [0.4, 0.5) is 5.69 Å². The van der Waals surface area contributed by atoms with Crippen molar-refractivity contribution in [3.63, 3.8) is 0 Å². The van der Waals surface area contributed by atoms with Crippen LogP contribution in [0.15, 0.2) is 84.9 Å². The average molecular weight is 465 g/mol. The number of anilines is 1. The lowest BCUT2D eigenvalue weighted by Crippen LogP contribution is -2.27. The Bertz CT molecular complexity index is 1390. The molecule has 6 rings (SSSR count). The molecule has 34 heavy (non-hydrogen) atoms. The lowest BCUT2D eigenvalue weighted by molar-refractivity contribution is -0.128. The number of carbonyl (C=O) groups excluding carboxylic acids is 2. The van der Waals surface area contributed by atoms with Gasteiger partial charge in [-0.3, -0.25) is 9.59 Å². The number of hydrogen-bond acceptors (Lipinski definition) is 3. The van der Waals surface area contributed by atoms with Gasteiger partial charge in [-0.2, -0.15) is 0 Å². The summed E-state index contributed by atoms with van der Waals surface area (Å²) >= 11 is 1.63. The predicted molar refractivity (Wildman–Crippen MR) is 138 cm³/mol. The molecule has 4 aromatic rings. The Morgan fingerprint density at radius 2 is 1.65 bits per heavy atom. The highest BCUT2D eigenvalue weighted by Crippen LogP contribution is 2.40. The molecule has 5 heteroatoms. The van der Waals surface area contributed by atoms with Crippen molar-refractivity contribution in [1.82, 2.24) is 4.90 Å². The summed E-state index contributed by atoms with van der Waals surface area (Å²) in [6, 6.07) is 28.2. The van der Waals surface area contributed by atoms with Crippen molar-refractivity contribution in [2.45, 2.75) is 24.8 Å². The van der Waals surface area contributed by atoms with E-state index < -0.39 is 0 Å². The molecule has 4 nitrogen and oxygen atoms in total. The van der Waals surface area contributed by atoms with Crippen LogP contribution in [0, 0.1) is 0 Å². The van der Waals surface area contributed by atoms with Crippen molar-refractivity contribution >= 4 is 40.0 Å². The molecule has 1 saturated heterocycles. The number of amides is 2. The number of thioether (sulfide) groups is 1. The summed E-state index contributed by atoms with van der Waals surface area (Å²) < 4.78 is 0. The largest absolute Gasteiger partial charge is 0.322 e. The van der Waals surface area contributed by atoms with Gasteiger partial charge in [0, 0.05) is 23.2 Å². The molecule has 0 bridgehead atoms. The van der Waals surface area contributed by atoms with Gasteiger partial charge in [-0.1, -0.05) is 66.7 Å². The molecular formula is C29H24N2O2S. The van der Waals surface area contributed by atoms with E-state index in [0.29, 0.717) is 17.9 Å². The second-order valence-electron chi connectivity index (χ2n) is 8.86. The molecule has 168 valence electrons. The molecule has 1 heterocycles. The molecule has 1 fully saturated rings. The van der Waals surface area contributed by atoms with Crippen LogP contribution in [0.5, 0.6) is 0 Å². The summed E-state index contributed by atoms with van der Waals surface area (Å²) in [7, 11) is 0. The molecule has 0 aromatic heterocycles. The average Bonchev–Trinajstić information content (AvgIpc) is 3.46. The third-order valence-electron chi connectivity index (χ3n) is 6.75. The lowest BCUT2D eigenvalue weighted by Gasteiger charge is -2.24. The Labute approximate surface area is 203 Å². The minimum absolute atomic E-state index is 0.0404. The zero-order valence-corrected chi connectivity index (χ0v) is 19.5. The van der Waals surface area contributed by atoms with Gasteiger partial charge in [0.1, 0.15) is 5.37 Å². The van der Waals surface area contributed by atoms with Crippen LogP contribution >= 0.6 is 11.8 Å². The van der Waals surface area contributed by atoms with Crippen molar-refractivity contribution in [2.75, 3.05) is 11.1 Å². The van der Waals surface area contributed by atoms with E-state index in [9.17, 15) is 9.59 Å². The van der Waals surface area contributed by atoms with Gasteiger partial charge in [0.15, 0.2) is 0 Å². The number of benzene rings is 4. The SMILES string of the molecule is O=C(Nc1ccc2c3c(cccc13)CC2)c1ccc([C@@H]2SCC(=O)N2Cc2ccccc2)cc1. The molecule has 0 saturated carbocycles. The Hall–Kier alpha value is -3.57. The summed E-state index contributed by atoms with van der Waals surface area (Å²) in [4.78, 5) is 27.5. The zero-order valence-electron chi connectivity index (χ0n) is 18.7. The summed E-state index contributed by atoms with van der Waals surface area (Å²) in [6.07, 6.45) is 2.13. The second kappa shape index (κ2) is 8.65. The molecule has 1 aliphatic carbocycles. The number of nitrogens with zero attached hydrogens (tertiary/aromatic N) is 1. The van der Waals surface area contributed by atoms with Crippen LogP contribution < -0.4 is 5.32 Å². The topological polar surface area (TPSA) is 49.4 Å². The van der Waals surface area contributed by atoms with E-state index in [1.54, 1.807) is 11.8 Å². The van der Waals surface area contributed by atoms with Crippen molar-refractivity contribution < 1.29 is 9.59 Å². The summed E-state index contributed by atoms with van der Waals surface area (Å²) in [6.45, 7) is 0.588. The van der Waals surface area contributed by atoms with Crippen LogP contribution in [-0.4, -0.2) is 22.5 Å². The third kappa shape index (κ3) is 3.76. The van der Waals surface area contributed by atoms with Gasteiger partial charge < -0.3 is 10.2 Å². The van der Waals surface area contributed by atoms with E-state index in [0.717, 1.165) is 35.0 Å². The second-order valence-corrected chi connectivity index (χ2v) is 9.93. The number of nitrogens with one attached hydrogen (secondary N) is 1. The van der Waals surface area contributed by atoms with E-state index in [1.165, 1.54) is 16.5 Å². The fourth-order valence-electron chi connectivity index (χ4n) is 5.03. The van der Waals surface area contributed by atoms with Crippen LogP contribution in [-0.2, 0) is 24.2 Å². The smallest absolute Gasteiger partial charge is 0.255 e. The first-order valence-corrected chi connectivity index (χ1v) is 12.6. The number of aryl methyl sites for hydroxylation is 2. The normalized spacial score (nSPS) is 16.9. The molecule has 4 aromatic carbocycles. The Morgan fingerprint density at radius 1 is 0.882 bits per heavy atom. The monoisotopic (exact) mass is 464 g/mol. The standard InChI is InChI=1S/C29H24N2O2S/c32-26-18-34-29(31(26)17-19-5-2-1-3-6-19)23-13-11-22(12-14-23)28(33)30-25-16-15-21-10-9-20-7-4-8-24(25)27(20)21/h1-8,11-16,29H,9-10,17-18H2,(H,30,33)/t29-/m0/s1. The van der Waals surface area contributed by atoms with Gasteiger partial charge in [-0.25, -0.2) is 0 Å². The highest BCUT2D eigenvalue weighted by atomic mass is 32.2. The van der Waals surface area contributed by atoms with Crippen LogP contribution in [0.25, 0.3) is 10.8 Å². The summed E-state index contributed by atoms with van der Waals surface area (Å²) in [5.41, 5.74) is 6.32. The van der Waals surface area contributed by atoms with Crippen LogP contribution in [0.1, 0.15) is 38.0 Å². The minimum Gasteiger partial charge on any atom is -0.322 e. The van der Waals surface area contributed by atoms with E-state index >= 15 is 0 Å².